The van der Waals surface area contributed by atoms with Gasteiger partial charge in [0.05, 0.1) is 0 Å². The molecule has 1 unspecified atom stereocenters. The SMILES string of the molecule is CCC1CCN(CCOc2ccccc2CNC(C)C)C1. The highest BCUT2D eigenvalue weighted by atomic mass is 16.5. The van der Waals surface area contributed by atoms with Crippen LogP contribution < -0.4 is 10.1 Å². The van der Waals surface area contributed by atoms with Crippen molar-refractivity contribution in [3.63, 3.8) is 0 Å². The molecule has 1 saturated heterocycles. The smallest absolute Gasteiger partial charge is 0.123 e. The number of nitrogens with one attached hydrogen (secondary N) is 1. The molecular weight excluding hydrogens is 260 g/mol. The van der Waals surface area contributed by atoms with E-state index in [1.54, 1.807) is 0 Å². The van der Waals surface area contributed by atoms with E-state index in [0.29, 0.717) is 6.04 Å². The van der Waals surface area contributed by atoms with Crippen molar-refractivity contribution in [2.45, 2.75) is 46.2 Å². The molecule has 1 atom stereocenters. The predicted octanol–water partition coefficient (Wildman–Crippen LogP) is 3.30. The second-order valence-corrected chi connectivity index (χ2v) is 6.36. The normalized spacial score (nSPS) is 19.3. The number of hydrogen-bond acceptors (Lipinski definition) is 3. The van der Waals surface area contributed by atoms with Gasteiger partial charge in [-0.1, -0.05) is 45.4 Å². The molecule has 1 aliphatic heterocycles. The van der Waals surface area contributed by atoms with E-state index in [2.05, 4.69) is 55.3 Å². The first kappa shape index (κ1) is 16.3. The molecule has 1 aliphatic rings. The zero-order chi connectivity index (χ0) is 15.1. The van der Waals surface area contributed by atoms with E-state index in [4.69, 9.17) is 4.74 Å². The van der Waals surface area contributed by atoms with Crippen molar-refractivity contribution >= 4 is 0 Å². The molecule has 3 nitrogen and oxygen atoms in total. The highest BCUT2D eigenvalue weighted by molar-refractivity contribution is 5.33. The van der Waals surface area contributed by atoms with Crippen LogP contribution in [0, 0.1) is 5.92 Å². The van der Waals surface area contributed by atoms with E-state index in [1.165, 1.54) is 31.5 Å². The second-order valence-electron chi connectivity index (χ2n) is 6.36. The summed E-state index contributed by atoms with van der Waals surface area (Å²) in [4.78, 5) is 2.53. The summed E-state index contributed by atoms with van der Waals surface area (Å²) in [5.74, 6) is 1.92. The lowest BCUT2D eigenvalue weighted by Crippen LogP contribution is -2.26. The minimum atomic E-state index is 0.494. The molecule has 0 saturated carbocycles. The summed E-state index contributed by atoms with van der Waals surface area (Å²) in [6, 6.07) is 8.85. The van der Waals surface area contributed by atoms with Gasteiger partial charge in [0.2, 0.25) is 0 Å². The maximum atomic E-state index is 6.02. The Balaban J connectivity index is 1.77. The maximum absolute atomic E-state index is 6.02. The van der Waals surface area contributed by atoms with Gasteiger partial charge in [0.15, 0.2) is 0 Å². The van der Waals surface area contributed by atoms with Crippen LogP contribution >= 0.6 is 0 Å². The van der Waals surface area contributed by atoms with Crippen LogP contribution in [0.25, 0.3) is 0 Å². The first-order valence-corrected chi connectivity index (χ1v) is 8.35. The van der Waals surface area contributed by atoms with Gasteiger partial charge in [-0.05, 0) is 24.9 Å². The Kier molecular flexibility index (Phi) is 6.52. The predicted molar refractivity (Wildman–Crippen MR) is 88.8 cm³/mol. The van der Waals surface area contributed by atoms with Gasteiger partial charge in [0, 0.05) is 31.2 Å². The van der Waals surface area contributed by atoms with Crippen molar-refractivity contribution in [2.24, 2.45) is 5.92 Å². The molecule has 118 valence electrons. The monoisotopic (exact) mass is 290 g/mol. The summed E-state index contributed by atoms with van der Waals surface area (Å²) in [6.07, 6.45) is 2.66. The summed E-state index contributed by atoms with van der Waals surface area (Å²) >= 11 is 0. The highest BCUT2D eigenvalue weighted by Crippen LogP contribution is 2.20. The van der Waals surface area contributed by atoms with Crippen LogP contribution in [0.2, 0.25) is 0 Å². The van der Waals surface area contributed by atoms with Crippen molar-refractivity contribution in [1.29, 1.82) is 0 Å². The Morgan fingerprint density at radius 2 is 2.14 bits per heavy atom. The highest BCUT2D eigenvalue weighted by Gasteiger charge is 2.20. The van der Waals surface area contributed by atoms with E-state index < -0.39 is 0 Å². The van der Waals surface area contributed by atoms with Gasteiger partial charge in [-0.3, -0.25) is 4.90 Å². The minimum Gasteiger partial charge on any atom is -0.492 e. The van der Waals surface area contributed by atoms with Crippen LogP contribution in [0.15, 0.2) is 24.3 Å². The quantitative estimate of drug-likeness (QED) is 0.795. The van der Waals surface area contributed by atoms with Crippen molar-refractivity contribution in [3.8, 4) is 5.75 Å². The molecule has 0 spiro atoms. The zero-order valence-electron chi connectivity index (χ0n) is 13.8. The Morgan fingerprint density at radius 3 is 2.86 bits per heavy atom. The number of rotatable bonds is 8. The van der Waals surface area contributed by atoms with Crippen LogP contribution in [0.1, 0.15) is 39.2 Å². The lowest BCUT2D eigenvalue weighted by Gasteiger charge is -2.18. The van der Waals surface area contributed by atoms with Gasteiger partial charge >= 0.3 is 0 Å². The topological polar surface area (TPSA) is 24.5 Å². The summed E-state index contributed by atoms with van der Waals surface area (Å²) in [5, 5.41) is 3.46. The van der Waals surface area contributed by atoms with Crippen LogP contribution in [0.5, 0.6) is 5.75 Å². The Morgan fingerprint density at radius 1 is 1.33 bits per heavy atom. The molecule has 2 rings (SSSR count). The van der Waals surface area contributed by atoms with Crippen LogP contribution in [0.3, 0.4) is 0 Å². The number of likely N-dealkylation sites (tertiary alicyclic amines) is 1. The van der Waals surface area contributed by atoms with Crippen molar-refractivity contribution in [1.82, 2.24) is 10.2 Å². The van der Waals surface area contributed by atoms with E-state index in [0.717, 1.165) is 31.4 Å². The largest absolute Gasteiger partial charge is 0.492 e. The summed E-state index contributed by atoms with van der Waals surface area (Å²) < 4.78 is 6.02. The number of hydrogen-bond donors (Lipinski definition) is 1. The molecule has 0 bridgehead atoms. The van der Waals surface area contributed by atoms with E-state index in [9.17, 15) is 0 Å². The standard InChI is InChI=1S/C18H30N2O/c1-4-16-9-10-20(14-16)11-12-21-18-8-6-5-7-17(18)13-19-15(2)3/h5-8,15-16,19H,4,9-14H2,1-3H3. The molecule has 0 aliphatic carbocycles. The fourth-order valence-electron chi connectivity index (χ4n) is 2.84. The number of nitrogens with zero attached hydrogens (tertiary/aromatic N) is 1. The molecular formula is C18H30N2O. The summed E-state index contributed by atoms with van der Waals surface area (Å²) in [5.41, 5.74) is 1.25. The van der Waals surface area contributed by atoms with E-state index in [1.807, 2.05) is 0 Å². The Hall–Kier alpha value is -1.06. The lowest BCUT2D eigenvalue weighted by molar-refractivity contribution is 0.231. The Bertz CT molecular complexity index is 419. The third kappa shape index (κ3) is 5.33. The average Bonchev–Trinajstić information content (AvgIpc) is 2.94. The van der Waals surface area contributed by atoms with Gasteiger partial charge in [-0.2, -0.15) is 0 Å². The third-order valence-corrected chi connectivity index (χ3v) is 4.29. The van der Waals surface area contributed by atoms with Crippen molar-refractivity contribution in [3.05, 3.63) is 29.8 Å². The molecule has 21 heavy (non-hydrogen) atoms. The first-order valence-electron chi connectivity index (χ1n) is 8.35. The molecule has 1 aromatic carbocycles. The average molecular weight is 290 g/mol. The minimum absolute atomic E-state index is 0.494. The summed E-state index contributed by atoms with van der Waals surface area (Å²) in [6.45, 7) is 11.8. The molecule has 1 N–H and O–H groups in total. The lowest BCUT2D eigenvalue weighted by atomic mass is 10.1. The zero-order valence-corrected chi connectivity index (χ0v) is 13.8. The molecule has 0 amide bonds. The molecule has 1 fully saturated rings. The number of para-hydroxylation sites is 1. The van der Waals surface area contributed by atoms with Crippen LogP contribution in [-0.2, 0) is 6.54 Å². The third-order valence-electron chi connectivity index (χ3n) is 4.29. The summed E-state index contributed by atoms with van der Waals surface area (Å²) in [7, 11) is 0. The number of benzene rings is 1. The van der Waals surface area contributed by atoms with Gasteiger partial charge in [-0.25, -0.2) is 0 Å². The molecule has 0 aromatic heterocycles. The number of ether oxygens (including phenoxy) is 1. The molecule has 3 heteroatoms. The molecule has 1 aromatic rings. The van der Waals surface area contributed by atoms with Gasteiger partial charge in [0.1, 0.15) is 12.4 Å². The second kappa shape index (κ2) is 8.40. The van der Waals surface area contributed by atoms with Crippen molar-refractivity contribution < 1.29 is 4.74 Å². The fourth-order valence-corrected chi connectivity index (χ4v) is 2.84. The molecule has 1 heterocycles. The van der Waals surface area contributed by atoms with Crippen molar-refractivity contribution in [2.75, 3.05) is 26.2 Å². The van der Waals surface area contributed by atoms with E-state index in [-0.39, 0.29) is 0 Å². The fraction of sp³-hybridized carbons (Fsp3) is 0.667. The molecule has 0 radical (unpaired) electrons. The van der Waals surface area contributed by atoms with Gasteiger partial charge < -0.3 is 10.1 Å². The Labute approximate surface area is 129 Å². The maximum Gasteiger partial charge on any atom is 0.123 e. The first-order chi connectivity index (χ1) is 10.2. The van der Waals surface area contributed by atoms with Crippen LogP contribution in [0.4, 0.5) is 0 Å². The van der Waals surface area contributed by atoms with E-state index >= 15 is 0 Å². The van der Waals surface area contributed by atoms with Gasteiger partial charge in [-0.15, -0.1) is 0 Å². The van der Waals surface area contributed by atoms with Crippen LogP contribution in [-0.4, -0.2) is 37.2 Å². The van der Waals surface area contributed by atoms with Gasteiger partial charge in [0.25, 0.3) is 0 Å².